The van der Waals surface area contributed by atoms with E-state index < -0.39 is 0 Å². The minimum Gasteiger partial charge on any atom is -0.0845 e. The Morgan fingerprint density at radius 3 is 2.67 bits per heavy atom. The average Bonchev–Trinajstić information content (AvgIpc) is 2.55. The Morgan fingerprint density at radius 1 is 1.20 bits per heavy atom. The molecule has 0 nitrogen and oxygen atoms in total. The van der Waals surface area contributed by atoms with Crippen LogP contribution < -0.4 is 0 Å². The van der Waals surface area contributed by atoms with E-state index in [-0.39, 0.29) is 0 Å². The summed E-state index contributed by atoms with van der Waals surface area (Å²) >= 11 is 0. The van der Waals surface area contributed by atoms with E-state index in [0.29, 0.717) is 5.41 Å². The monoisotopic (exact) mass is 204 g/mol. The van der Waals surface area contributed by atoms with Crippen LogP contribution in [-0.4, -0.2) is 0 Å². The molecule has 0 bridgehead atoms. The van der Waals surface area contributed by atoms with Gasteiger partial charge in [0.1, 0.15) is 0 Å². The Hall–Kier alpha value is -0.260. The second-order valence-electron chi connectivity index (χ2n) is 6.87. The molecule has 0 aromatic rings. The predicted octanol–water partition coefficient (Wildman–Crippen LogP) is 4.27. The van der Waals surface area contributed by atoms with Crippen molar-refractivity contribution in [1.29, 1.82) is 0 Å². The van der Waals surface area contributed by atoms with Crippen molar-refractivity contribution >= 4 is 0 Å². The van der Waals surface area contributed by atoms with Gasteiger partial charge in [0, 0.05) is 0 Å². The minimum absolute atomic E-state index is 0.655. The molecule has 0 N–H and O–H groups in total. The molecule has 0 heterocycles. The highest BCUT2D eigenvalue weighted by molar-refractivity contribution is 5.27. The molecule has 3 aliphatic rings. The highest BCUT2D eigenvalue weighted by Crippen LogP contribution is 2.69. The lowest BCUT2D eigenvalue weighted by Gasteiger charge is -2.24. The van der Waals surface area contributed by atoms with Crippen molar-refractivity contribution in [3.05, 3.63) is 11.6 Å². The third-order valence-corrected chi connectivity index (χ3v) is 5.73. The van der Waals surface area contributed by atoms with Crippen LogP contribution >= 0.6 is 0 Å². The van der Waals surface area contributed by atoms with Gasteiger partial charge in [-0.2, -0.15) is 0 Å². The van der Waals surface area contributed by atoms with Gasteiger partial charge in [-0.3, -0.25) is 0 Å². The minimum atomic E-state index is 0.655. The maximum atomic E-state index is 2.58. The second-order valence-corrected chi connectivity index (χ2v) is 6.87. The van der Waals surface area contributed by atoms with Crippen LogP contribution in [0.3, 0.4) is 0 Å². The van der Waals surface area contributed by atoms with Gasteiger partial charge in [0.2, 0.25) is 0 Å². The van der Waals surface area contributed by atoms with Gasteiger partial charge in [-0.15, -0.1) is 0 Å². The third-order valence-electron chi connectivity index (χ3n) is 5.73. The van der Waals surface area contributed by atoms with Gasteiger partial charge in [-0.25, -0.2) is 0 Å². The van der Waals surface area contributed by atoms with Gasteiger partial charge >= 0.3 is 0 Å². The van der Waals surface area contributed by atoms with Crippen LogP contribution in [0.25, 0.3) is 0 Å². The molecule has 0 heteroatoms. The van der Waals surface area contributed by atoms with Crippen molar-refractivity contribution in [2.24, 2.45) is 35.0 Å². The molecule has 0 radical (unpaired) electrons. The Bertz CT molecular complexity index is 310. The molecular formula is C15H24. The van der Waals surface area contributed by atoms with Crippen molar-refractivity contribution < 1.29 is 0 Å². The van der Waals surface area contributed by atoms with E-state index in [1.807, 2.05) is 5.57 Å². The van der Waals surface area contributed by atoms with E-state index >= 15 is 0 Å². The van der Waals surface area contributed by atoms with Crippen LogP contribution in [-0.2, 0) is 0 Å². The lowest BCUT2D eigenvalue weighted by Crippen LogP contribution is -2.17. The topological polar surface area (TPSA) is 0 Å². The molecule has 2 fully saturated rings. The molecule has 0 unspecified atom stereocenters. The highest BCUT2D eigenvalue weighted by Gasteiger charge is 2.63. The Morgan fingerprint density at radius 2 is 1.93 bits per heavy atom. The normalized spacial score (nSPS) is 51.5. The van der Waals surface area contributed by atoms with Crippen molar-refractivity contribution in [1.82, 2.24) is 0 Å². The maximum absolute atomic E-state index is 2.58. The Labute approximate surface area is 94.1 Å². The van der Waals surface area contributed by atoms with Gasteiger partial charge in [0.15, 0.2) is 0 Å². The number of rotatable bonds is 0. The smallest absolute Gasteiger partial charge is 0.0135 e. The zero-order valence-corrected chi connectivity index (χ0v) is 10.6. The van der Waals surface area contributed by atoms with E-state index in [0.717, 1.165) is 29.6 Å². The molecule has 0 aromatic heterocycles. The molecule has 0 spiro atoms. The number of fused-ring (bicyclic) bond motifs is 3. The van der Waals surface area contributed by atoms with Gasteiger partial charge in [0.25, 0.3) is 0 Å². The lowest BCUT2D eigenvalue weighted by atomic mass is 9.80. The Kier molecular flexibility index (Phi) is 1.92. The van der Waals surface area contributed by atoms with Gasteiger partial charge in [-0.05, 0) is 54.3 Å². The Balaban J connectivity index is 1.95. The van der Waals surface area contributed by atoms with E-state index in [1.54, 1.807) is 0 Å². The van der Waals surface area contributed by atoms with Gasteiger partial charge in [0.05, 0.1) is 0 Å². The first-order valence-corrected chi connectivity index (χ1v) is 6.73. The zero-order chi connectivity index (χ0) is 10.8. The molecular weight excluding hydrogens is 180 g/mol. The quantitative estimate of drug-likeness (QED) is 0.517. The predicted molar refractivity (Wildman–Crippen MR) is 64.5 cm³/mol. The van der Waals surface area contributed by atoms with Crippen LogP contribution in [0.1, 0.15) is 47.0 Å². The van der Waals surface area contributed by atoms with Crippen molar-refractivity contribution in [3.63, 3.8) is 0 Å². The van der Waals surface area contributed by atoms with Crippen molar-refractivity contribution in [3.8, 4) is 0 Å². The standard InChI is InChI=1S/C15H24/c1-9-6-8-12-14(15(12,3)4)13-10(2)5-7-11(9)13/h7,9-10,12-14H,5-6,8H2,1-4H3/t9-,10-,12+,13-,14+/m0/s1. The first-order chi connectivity index (χ1) is 7.03. The lowest BCUT2D eigenvalue weighted by molar-refractivity contribution is 0.335. The van der Waals surface area contributed by atoms with Crippen molar-refractivity contribution in [2.75, 3.05) is 0 Å². The van der Waals surface area contributed by atoms with Crippen LogP contribution in [0.15, 0.2) is 11.6 Å². The highest BCUT2D eigenvalue weighted by atomic mass is 14.7. The molecule has 0 aromatic carbocycles. The summed E-state index contributed by atoms with van der Waals surface area (Å²) in [7, 11) is 0. The largest absolute Gasteiger partial charge is 0.0845 e. The summed E-state index contributed by atoms with van der Waals surface area (Å²) in [4.78, 5) is 0. The first kappa shape index (κ1) is 9.93. The number of hydrogen-bond acceptors (Lipinski definition) is 0. The molecule has 0 aliphatic heterocycles. The van der Waals surface area contributed by atoms with Crippen LogP contribution in [0.4, 0.5) is 0 Å². The molecule has 3 aliphatic carbocycles. The van der Waals surface area contributed by atoms with Gasteiger partial charge in [-0.1, -0.05) is 39.3 Å². The number of hydrogen-bond donors (Lipinski definition) is 0. The fourth-order valence-electron chi connectivity index (χ4n) is 4.67. The maximum Gasteiger partial charge on any atom is -0.0135 e. The number of allylic oxidation sites excluding steroid dienone is 2. The molecule has 3 rings (SSSR count). The molecule has 0 amide bonds. The second kappa shape index (κ2) is 2.90. The van der Waals surface area contributed by atoms with E-state index in [1.165, 1.54) is 19.3 Å². The first-order valence-electron chi connectivity index (χ1n) is 6.73. The van der Waals surface area contributed by atoms with E-state index in [9.17, 15) is 0 Å². The molecule has 5 atom stereocenters. The van der Waals surface area contributed by atoms with Crippen LogP contribution in [0.5, 0.6) is 0 Å². The zero-order valence-electron chi connectivity index (χ0n) is 10.6. The summed E-state index contributed by atoms with van der Waals surface area (Å²) in [6, 6.07) is 0. The summed E-state index contributed by atoms with van der Waals surface area (Å²) < 4.78 is 0. The van der Waals surface area contributed by atoms with Crippen LogP contribution in [0, 0.1) is 35.0 Å². The molecule has 84 valence electrons. The fraction of sp³-hybridized carbons (Fsp3) is 0.867. The summed E-state index contributed by atoms with van der Waals surface area (Å²) in [5.74, 6) is 4.81. The van der Waals surface area contributed by atoms with E-state index in [4.69, 9.17) is 0 Å². The van der Waals surface area contributed by atoms with E-state index in [2.05, 4.69) is 33.8 Å². The average molecular weight is 204 g/mol. The fourth-order valence-corrected chi connectivity index (χ4v) is 4.67. The summed E-state index contributed by atoms with van der Waals surface area (Å²) in [6.45, 7) is 9.92. The molecule has 2 saturated carbocycles. The SMILES string of the molecule is C[C@H]1CC[C@@H]2[C@H]([C@@H]3C1=CC[C@@H]3C)C2(C)C. The van der Waals surface area contributed by atoms with Crippen molar-refractivity contribution in [2.45, 2.75) is 47.0 Å². The third kappa shape index (κ3) is 1.20. The molecule has 15 heavy (non-hydrogen) atoms. The molecule has 0 saturated heterocycles. The summed E-state index contributed by atoms with van der Waals surface area (Å²) in [5, 5.41) is 0. The summed E-state index contributed by atoms with van der Waals surface area (Å²) in [6.07, 6.45) is 6.86. The van der Waals surface area contributed by atoms with Crippen LogP contribution in [0.2, 0.25) is 0 Å². The van der Waals surface area contributed by atoms with Gasteiger partial charge < -0.3 is 0 Å². The summed E-state index contributed by atoms with van der Waals surface area (Å²) in [5.41, 5.74) is 2.49.